The van der Waals surface area contributed by atoms with E-state index in [-0.39, 0.29) is 11.5 Å². The largest absolute Gasteiger partial charge is 0.397 e. The van der Waals surface area contributed by atoms with Crippen LogP contribution in [0.2, 0.25) is 0 Å². The Kier molecular flexibility index (Phi) is 7.16. The topological polar surface area (TPSA) is 107 Å². The zero-order valence-corrected chi connectivity index (χ0v) is 12.4. The number of hydrogen-bond acceptors (Lipinski definition) is 6. The maximum absolute atomic E-state index is 11.3. The van der Waals surface area contributed by atoms with Crippen LogP contribution in [0, 0.1) is 6.92 Å². The van der Waals surface area contributed by atoms with Crippen molar-refractivity contribution in [2.24, 2.45) is 0 Å². The molecule has 0 aliphatic carbocycles. The van der Waals surface area contributed by atoms with Gasteiger partial charge in [-0.3, -0.25) is 12.9 Å². The Morgan fingerprint density at radius 3 is 1.84 bits per heavy atom. The summed E-state index contributed by atoms with van der Waals surface area (Å²) in [5.41, 5.74) is 1.02. The van der Waals surface area contributed by atoms with Crippen molar-refractivity contribution in [2.75, 3.05) is 13.7 Å². The van der Waals surface area contributed by atoms with Crippen molar-refractivity contribution in [3.8, 4) is 0 Å². The lowest BCUT2D eigenvalue weighted by atomic mass is 10.2. The van der Waals surface area contributed by atoms with Crippen molar-refractivity contribution in [2.45, 2.75) is 18.7 Å². The molecule has 0 amide bonds. The Hall–Kier alpha value is -1.00. The molecule has 0 saturated heterocycles. The van der Waals surface area contributed by atoms with E-state index >= 15 is 0 Å². The van der Waals surface area contributed by atoms with Gasteiger partial charge in [-0.25, -0.2) is 0 Å². The monoisotopic (exact) mass is 312 g/mol. The lowest BCUT2D eigenvalue weighted by Gasteiger charge is -2.02. The van der Waals surface area contributed by atoms with Crippen molar-refractivity contribution in [3.05, 3.63) is 29.8 Å². The van der Waals surface area contributed by atoms with Crippen LogP contribution in [0.5, 0.6) is 0 Å². The fourth-order valence-corrected chi connectivity index (χ4v) is 1.84. The molecule has 0 aliphatic heterocycles. The molecule has 110 valence electrons. The molecule has 9 heteroatoms. The molecule has 0 aromatic heterocycles. The zero-order valence-electron chi connectivity index (χ0n) is 10.7. The summed E-state index contributed by atoms with van der Waals surface area (Å²) in [6.45, 7) is 3.71. The molecule has 0 heterocycles. The highest BCUT2D eigenvalue weighted by Crippen LogP contribution is 2.12. The summed E-state index contributed by atoms with van der Waals surface area (Å²) >= 11 is 0. The molecule has 0 aliphatic rings. The van der Waals surface area contributed by atoms with Crippen molar-refractivity contribution in [1.82, 2.24) is 0 Å². The Morgan fingerprint density at radius 2 is 1.53 bits per heavy atom. The van der Waals surface area contributed by atoms with E-state index in [1.165, 1.54) is 0 Å². The van der Waals surface area contributed by atoms with Crippen LogP contribution in [-0.4, -0.2) is 35.1 Å². The van der Waals surface area contributed by atoms with Gasteiger partial charge in [-0.15, -0.1) is 0 Å². The third kappa shape index (κ3) is 7.90. The maximum Gasteiger partial charge on any atom is 0.397 e. The van der Waals surface area contributed by atoms with Crippen LogP contribution >= 0.6 is 0 Å². The fourth-order valence-electron chi connectivity index (χ4n) is 0.928. The third-order valence-electron chi connectivity index (χ3n) is 1.79. The summed E-state index contributed by atoms with van der Waals surface area (Å²) in [4.78, 5) is 0.208. The lowest BCUT2D eigenvalue weighted by molar-refractivity contribution is 0.324. The summed E-state index contributed by atoms with van der Waals surface area (Å²) in [5, 5.41) is 0. The average Bonchev–Trinajstić information content (AvgIpc) is 2.29. The van der Waals surface area contributed by atoms with E-state index in [1.54, 1.807) is 31.2 Å². The fraction of sp³-hybridized carbons (Fsp3) is 0.400. The molecule has 0 unspecified atom stereocenters. The highest BCUT2D eigenvalue weighted by Gasteiger charge is 2.12. The van der Waals surface area contributed by atoms with Gasteiger partial charge in [-0.1, -0.05) is 17.7 Å². The van der Waals surface area contributed by atoms with Crippen LogP contribution in [0.15, 0.2) is 29.2 Å². The molecule has 7 nitrogen and oxygen atoms in total. The minimum atomic E-state index is -4.16. The second-order valence-electron chi connectivity index (χ2n) is 3.27. The third-order valence-corrected chi connectivity index (χ3v) is 3.61. The van der Waals surface area contributed by atoms with Crippen LogP contribution in [-0.2, 0) is 28.9 Å². The van der Waals surface area contributed by atoms with Gasteiger partial charge in [-0.2, -0.15) is 16.8 Å². The standard InChI is InChI=1S/C9H12O3S.CH4O4S/c1-3-12-13(10,11)9-6-4-8(2)5-7-9;1-5-6(2,3)4/h4-7H,3H2,1-2H3;1H3,(H,2,3,4). The van der Waals surface area contributed by atoms with Gasteiger partial charge >= 0.3 is 10.4 Å². The summed E-state index contributed by atoms with van der Waals surface area (Å²) in [6, 6.07) is 6.57. The summed E-state index contributed by atoms with van der Waals surface area (Å²) < 4.78 is 57.0. The van der Waals surface area contributed by atoms with Crippen LogP contribution in [0.1, 0.15) is 12.5 Å². The van der Waals surface area contributed by atoms with Crippen molar-refractivity contribution >= 4 is 20.5 Å². The first-order chi connectivity index (χ1) is 8.62. The number of rotatable bonds is 4. The van der Waals surface area contributed by atoms with E-state index in [0.29, 0.717) is 0 Å². The minimum absolute atomic E-state index is 0.163. The molecule has 0 bridgehead atoms. The Bertz CT molecular complexity index is 573. The van der Waals surface area contributed by atoms with Gasteiger partial charge in [0.15, 0.2) is 0 Å². The highest BCUT2D eigenvalue weighted by molar-refractivity contribution is 7.86. The Morgan fingerprint density at radius 1 is 1.11 bits per heavy atom. The molecule has 0 spiro atoms. The van der Waals surface area contributed by atoms with E-state index < -0.39 is 20.5 Å². The smallest absolute Gasteiger partial charge is 0.267 e. The predicted octanol–water partition coefficient (Wildman–Crippen LogP) is 1.16. The van der Waals surface area contributed by atoms with Gasteiger partial charge in [0, 0.05) is 0 Å². The van der Waals surface area contributed by atoms with Crippen molar-refractivity contribution in [1.29, 1.82) is 0 Å². The molecule has 1 rings (SSSR count). The van der Waals surface area contributed by atoms with Gasteiger partial charge in [0.2, 0.25) is 0 Å². The molecule has 0 fully saturated rings. The van der Waals surface area contributed by atoms with Gasteiger partial charge in [-0.05, 0) is 26.0 Å². The second kappa shape index (κ2) is 7.56. The molecule has 1 aromatic rings. The molecular formula is C10H16O7S2. The van der Waals surface area contributed by atoms with Gasteiger partial charge < -0.3 is 0 Å². The molecular weight excluding hydrogens is 296 g/mol. The van der Waals surface area contributed by atoms with Crippen molar-refractivity contribution < 1.29 is 29.8 Å². The number of aryl methyl sites for hydroxylation is 1. The molecule has 0 atom stereocenters. The normalized spacial score (nSPS) is 11.6. The first-order valence-electron chi connectivity index (χ1n) is 5.11. The molecule has 19 heavy (non-hydrogen) atoms. The van der Waals surface area contributed by atoms with E-state index in [1.807, 2.05) is 6.92 Å². The van der Waals surface area contributed by atoms with E-state index in [2.05, 4.69) is 8.37 Å². The maximum atomic E-state index is 11.3. The van der Waals surface area contributed by atoms with E-state index in [4.69, 9.17) is 4.55 Å². The second-order valence-corrected chi connectivity index (χ2v) is 6.07. The zero-order chi connectivity index (χ0) is 15.1. The van der Waals surface area contributed by atoms with Crippen LogP contribution in [0.3, 0.4) is 0 Å². The van der Waals surface area contributed by atoms with Gasteiger partial charge in [0.25, 0.3) is 10.1 Å². The summed E-state index contributed by atoms with van der Waals surface area (Å²) in [7, 11) is -6.82. The van der Waals surface area contributed by atoms with Crippen LogP contribution in [0.25, 0.3) is 0 Å². The highest BCUT2D eigenvalue weighted by atomic mass is 32.3. The first kappa shape index (κ1) is 18.0. The van der Waals surface area contributed by atoms with Gasteiger partial charge in [0.05, 0.1) is 18.6 Å². The Labute approximate surface area is 113 Å². The van der Waals surface area contributed by atoms with Gasteiger partial charge in [0.1, 0.15) is 0 Å². The predicted molar refractivity (Wildman–Crippen MR) is 68.5 cm³/mol. The molecule has 1 N–H and O–H groups in total. The van der Waals surface area contributed by atoms with Crippen LogP contribution in [0.4, 0.5) is 0 Å². The summed E-state index contributed by atoms with van der Waals surface area (Å²) in [6.07, 6.45) is 0. The molecule has 0 radical (unpaired) electrons. The van der Waals surface area contributed by atoms with E-state index in [9.17, 15) is 16.8 Å². The number of hydrogen-bond donors (Lipinski definition) is 1. The molecule has 1 aromatic carbocycles. The van der Waals surface area contributed by atoms with Crippen LogP contribution < -0.4 is 0 Å². The Balaban J connectivity index is 0.000000459. The molecule has 0 saturated carbocycles. The number of benzene rings is 1. The van der Waals surface area contributed by atoms with E-state index in [0.717, 1.165) is 12.7 Å². The van der Waals surface area contributed by atoms with Crippen molar-refractivity contribution in [3.63, 3.8) is 0 Å². The average molecular weight is 312 g/mol. The minimum Gasteiger partial charge on any atom is -0.267 e. The summed E-state index contributed by atoms with van der Waals surface area (Å²) in [5.74, 6) is 0. The first-order valence-corrected chi connectivity index (χ1v) is 7.89. The SMILES string of the molecule is CCOS(=O)(=O)c1ccc(C)cc1.COS(=O)(=O)O. The lowest BCUT2D eigenvalue weighted by Crippen LogP contribution is -2.05. The quantitative estimate of drug-likeness (QED) is 0.656.